The standard InChI is InChI=1S/C12H13ClO5/c1-6-3-7(4-10(13)18-2)9(12(16)17)5-8(6)11(14)15/h3,5,10H,4H2,1-2H3,(H,14,15)(H,16,17). The van der Waals surface area contributed by atoms with Crippen LogP contribution in [0.25, 0.3) is 0 Å². The average Bonchev–Trinajstić information content (AvgIpc) is 2.27. The van der Waals surface area contributed by atoms with Crippen molar-refractivity contribution in [2.45, 2.75) is 18.9 Å². The van der Waals surface area contributed by atoms with Crippen LogP contribution in [0.1, 0.15) is 31.8 Å². The zero-order valence-corrected chi connectivity index (χ0v) is 10.7. The van der Waals surface area contributed by atoms with Gasteiger partial charge in [0.2, 0.25) is 0 Å². The van der Waals surface area contributed by atoms with Crippen LogP contribution in [0.3, 0.4) is 0 Å². The van der Waals surface area contributed by atoms with Crippen molar-refractivity contribution in [3.8, 4) is 0 Å². The van der Waals surface area contributed by atoms with Crippen molar-refractivity contribution in [2.24, 2.45) is 0 Å². The molecule has 0 fully saturated rings. The molecule has 1 rings (SSSR count). The Labute approximate surface area is 109 Å². The van der Waals surface area contributed by atoms with Crippen LogP contribution in [-0.4, -0.2) is 34.8 Å². The Balaban J connectivity index is 3.29. The van der Waals surface area contributed by atoms with E-state index in [9.17, 15) is 9.59 Å². The Morgan fingerprint density at radius 1 is 1.28 bits per heavy atom. The van der Waals surface area contributed by atoms with Gasteiger partial charge in [-0.2, -0.15) is 0 Å². The molecule has 1 aromatic rings. The van der Waals surface area contributed by atoms with Crippen LogP contribution in [0, 0.1) is 6.92 Å². The zero-order valence-electron chi connectivity index (χ0n) is 9.94. The first-order valence-corrected chi connectivity index (χ1v) is 5.57. The minimum atomic E-state index is -1.19. The molecule has 5 nitrogen and oxygen atoms in total. The van der Waals surface area contributed by atoms with Crippen molar-refractivity contribution in [3.63, 3.8) is 0 Å². The highest BCUT2D eigenvalue weighted by Crippen LogP contribution is 2.20. The first kappa shape index (κ1) is 14.5. The van der Waals surface area contributed by atoms with E-state index >= 15 is 0 Å². The molecule has 0 spiro atoms. The number of carbonyl (C=O) groups is 2. The molecule has 18 heavy (non-hydrogen) atoms. The number of aromatic carboxylic acids is 2. The highest BCUT2D eigenvalue weighted by molar-refractivity contribution is 6.19. The molecule has 0 amide bonds. The molecule has 6 heteroatoms. The van der Waals surface area contributed by atoms with E-state index in [1.165, 1.54) is 13.2 Å². The van der Waals surface area contributed by atoms with E-state index in [1.807, 2.05) is 0 Å². The molecule has 1 aromatic carbocycles. The fraction of sp³-hybridized carbons (Fsp3) is 0.333. The summed E-state index contributed by atoms with van der Waals surface area (Å²) in [6.07, 6.45) is 0.195. The summed E-state index contributed by atoms with van der Waals surface area (Å²) in [7, 11) is 1.41. The Morgan fingerprint density at radius 2 is 1.83 bits per heavy atom. The van der Waals surface area contributed by atoms with Crippen molar-refractivity contribution in [2.75, 3.05) is 7.11 Å². The number of halogens is 1. The molecule has 0 aromatic heterocycles. The van der Waals surface area contributed by atoms with Gasteiger partial charge in [0, 0.05) is 13.5 Å². The topological polar surface area (TPSA) is 83.8 Å². The van der Waals surface area contributed by atoms with Crippen LogP contribution in [0.15, 0.2) is 12.1 Å². The van der Waals surface area contributed by atoms with Gasteiger partial charge in [-0.05, 0) is 24.1 Å². The molecule has 0 bridgehead atoms. The lowest BCUT2D eigenvalue weighted by Crippen LogP contribution is -2.13. The first-order chi connectivity index (χ1) is 8.36. The Kier molecular flexibility index (Phi) is 4.69. The molecule has 98 valence electrons. The van der Waals surface area contributed by atoms with Crippen LogP contribution in [0.4, 0.5) is 0 Å². The van der Waals surface area contributed by atoms with Crippen LogP contribution in [0.5, 0.6) is 0 Å². The van der Waals surface area contributed by atoms with Gasteiger partial charge in [0.05, 0.1) is 11.1 Å². The highest BCUT2D eigenvalue weighted by Gasteiger charge is 2.18. The molecule has 0 aliphatic carbocycles. The number of benzene rings is 1. The molecule has 0 heterocycles. The molecule has 0 aliphatic heterocycles. The minimum absolute atomic E-state index is 0.0281. The number of rotatable bonds is 5. The molecular weight excluding hydrogens is 260 g/mol. The van der Waals surface area contributed by atoms with Gasteiger partial charge >= 0.3 is 11.9 Å². The summed E-state index contributed by atoms with van der Waals surface area (Å²) in [4.78, 5) is 22.0. The zero-order chi connectivity index (χ0) is 13.9. The van der Waals surface area contributed by atoms with Crippen molar-refractivity contribution in [1.29, 1.82) is 0 Å². The van der Waals surface area contributed by atoms with Crippen LogP contribution >= 0.6 is 11.6 Å². The number of carboxylic acid groups (broad SMARTS) is 2. The maximum Gasteiger partial charge on any atom is 0.335 e. The molecule has 0 saturated heterocycles. The molecule has 0 aliphatic rings. The minimum Gasteiger partial charge on any atom is -0.478 e. The fourth-order valence-corrected chi connectivity index (χ4v) is 1.79. The smallest absolute Gasteiger partial charge is 0.335 e. The summed E-state index contributed by atoms with van der Waals surface area (Å²) in [5.41, 5.74) is 0.188. The summed E-state index contributed by atoms with van der Waals surface area (Å²) in [6, 6.07) is 2.66. The third-order valence-electron chi connectivity index (χ3n) is 2.55. The van der Waals surface area contributed by atoms with E-state index in [0.717, 1.165) is 6.07 Å². The molecular formula is C12H13ClO5. The molecule has 0 saturated carbocycles. The lowest BCUT2D eigenvalue weighted by molar-refractivity contribution is 0.0694. The number of methoxy groups -OCH3 is 1. The predicted octanol–water partition coefficient (Wildman–Crippen LogP) is 2.15. The van der Waals surface area contributed by atoms with Crippen LogP contribution in [0.2, 0.25) is 0 Å². The maximum absolute atomic E-state index is 11.1. The number of aryl methyl sites for hydroxylation is 1. The second kappa shape index (κ2) is 5.84. The third kappa shape index (κ3) is 3.21. The monoisotopic (exact) mass is 272 g/mol. The lowest BCUT2D eigenvalue weighted by atomic mass is 9.97. The van der Waals surface area contributed by atoms with Crippen LogP contribution in [-0.2, 0) is 11.2 Å². The summed E-state index contributed by atoms with van der Waals surface area (Å²) in [5.74, 6) is -2.34. The van der Waals surface area contributed by atoms with Crippen molar-refractivity contribution in [1.82, 2.24) is 0 Å². The summed E-state index contributed by atoms with van der Waals surface area (Å²) in [6.45, 7) is 1.61. The predicted molar refractivity (Wildman–Crippen MR) is 65.5 cm³/mol. The number of alkyl halides is 1. The van der Waals surface area contributed by atoms with E-state index in [4.69, 9.17) is 26.6 Å². The van der Waals surface area contributed by atoms with Gasteiger partial charge in [-0.25, -0.2) is 9.59 Å². The Bertz CT molecular complexity index is 484. The van der Waals surface area contributed by atoms with Gasteiger partial charge in [-0.15, -0.1) is 0 Å². The van der Waals surface area contributed by atoms with E-state index in [2.05, 4.69) is 0 Å². The summed E-state index contributed by atoms with van der Waals surface area (Å²) >= 11 is 5.80. The number of carboxylic acids is 2. The Hall–Kier alpha value is -1.59. The maximum atomic E-state index is 11.1. The van der Waals surface area contributed by atoms with E-state index < -0.39 is 17.5 Å². The van der Waals surface area contributed by atoms with Crippen LogP contribution < -0.4 is 0 Å². The van der Waals surface area contributed by atoms with E-state index in [-0.39, 0.29) is 17.5 Å². The largest absolute Gasteiger partial charge is 0.478 e. The third-order valence-corrected chi connectivity index (χ3v) is 2.88. The van der Waals surface area contributed by atoms with E-state index in [1.54, 1.807) is 6.92 Å². The Morgan fingerprint density at radius 3 is 2.28 bits per heavy atom. The second-order valence-corrected chi connectivity index (χ2v) is 4.27. The second-order valence-electron chi connectivity index (χ2n) is 3.78. The molecule has 1 atom stereocenters. The first-order valence-electron chi connectivity index (χ1n) is 5.13. The number of ether oxygens (including phenoxy) is 1. The SMILES string of the molecule is COC(Cl)Cc1cc(C)c(C(=O)O)cc1C(=O)O. The average molecular weight is 273 g/mol. The van der Waals surface area contributed by atoms with Crippen molar-refractivity contribution in [3.05, 3.63) is 34.4 Å². The van der Waals surface area contributed by atoms with Gasteiger partial charge in [-0.3, -0.25) is 0 Å². The quantitative estimate of drug-likeness (QED) is 0.803. The molecule has 1 unspecified atom stereocenters. The number of hydrogen-bond donors (Lipinski definition) is 2. The lowest BCUT2D eigenvalue weighted by Gasteiger charge is -2.12. The highest BCUT2D eigenvalue weighted by atomic mass is 35.5. The van der Waals surface area contributed by atoms with E-state index in [0.29, 0.717) is 11.1 Å². The van der Waals surface area contributed by atoms with Crippen molar-refractivity contribution >= 4 is 23.5 Å². The fourth-order valence-electron chi connectivity index (χ4n) is 1.62. The van der Waals surface area contributed by atoms with Gasteiger partial charge in [0.15, 0.2) is 0 Å². The summed E-state index contributed by atoms with van der Waals surface area (Å²) < 4.78 is 4.86. The van der Waals surface area contributed by atoms with Crippen molar-refractivity contribution < 1.29 is 24.5 Å². The van der Waals surface area contributed by atoms with Gasteiger partial charge in [-0.1, -0.05) is 17.7 Å². The van der Waals surface area contributed by atoms with Gasteiger partial charge < -0.3 is 14.9 Å². The molecule has 2 N–H and O–H groups in total. The summed E-state index contributed by atoms with van der Waals surface area (Å²) in [5, 5.41) is 18.0. The normalized spacial score (nSPS) is 12.2. The number of hydrogen-bond acceptors (Lipinski definition) is 3. The molecule has 0 radical (unpaired) electrons. The van der Waals surface area contributed by atoms with Gasteiger partial charge in [0.25, 0.3) is 0 Å². The van der Waals surface area contributed by atoms with Gasteiger partial charge in [0.1, 0.15) is 5.56 Å².